The van der Waals surface area contributed by atoms with Crippen LogP contribution in [-0.4, -0.2) is 34.2 Å². The average molecular weight is 240 g/mol. The Balaban J connectivity index is 2.43. The van der Waals surface area contributed by atoms with Crippen LogP contribution in [0.2, 0.25) is 0 Å². The zero-order chi connectivity index (χ0) is 12.8. The zero-order valence-electron chi connectivity index (χ0n) is 9.97. The Morgan fingerprint density at radius 2 is 2.47 bits per heavy atom. The van der Waals surface area contributed by atoms with E-state index in [4.69, 9.17) is 4.74 Å². The molecule has 0 bridgehead atoms. The number of nitro groups is 1. The van der Waals surface area contributed by atoms with E-state index >= 15 is 0 Å². The first-order valence-electron chi connectivity index (χ1n) is 5.14. The topological polar surface area (TPSA) is 82.2 Å². The lowest BCUT2D eigenvalue weighted by atomic mass is 10.4. The number of aromatic nitrogens is 2. The summed E-state index contributed by atoms with van der Waals surface area (Å²) in [7, 11) is 1.69. The first-order chi connectivity index (χ1) is 8.02. The summed E-state index contributed by atoms with van der Waals surface area (Å²) in [6.07, 6.45) is 1.40. The number of ether oxygens (including phenoxy) is 1. The normalized spacial score (nSPS) is 10.2. The van der Waals surface area contributed by atoms with E-state index in [0.29, 0.717) is 25.6 Å². The number of imidazole rings is 1. The number of hydrogen-bond donors (Lipinski definition) is 1. The first kappa shape index (κ1) is 13.2. The highest BCUT2D eigenvalue weighted by Gasteiger charge is 2.19. The van der Waals surface area contributed by atoms with Gasteiger partial charge in [-0.25, -0.2) is 0 Å². The molecule has 1 N–H and O–H groups in total. The van der Waals surface area contributed by atoms with E-state index in [1.54, 1.807) is 11.6 Å². The molecule has 0 aliphatic rings. The minimum Gasteiger partial charge on any atom is -0.375 e. The monoisotopic (exact) mass is 240 g/mol. The van der Waals surface area contributed by atoms with E-state index in [0.717, 1.165) is 5.57 Å². The van der Waals surface area contributed by atoms with Crippen LogP contribution >= 0.6 is 0 Å². The van der Waals surface area contributed by atoms with Crippen molar-refractivity contribution in [3.8, 4) is 0 Å². The molecule has 1 rings (SSSR count). The molecule has 1 aromatic rings. The summed E-state index contributed by atoms with van der Waals surface area (Å²) in [6, 6.07) is 0. The molecule has 94 valence electrons. The van der Waals surface area contributed by atoms with Crippen molar-refractivity contribution in [3.63, 3.8) is 0 Å². The van der Waals surface area contributed by atoms with Gasteiger partial charge in [-0.2, -0.15) is 0 Å². The molecule has 0 aliphatic carbocycles. The second-order valence-electron chi connectivity index (χ2n) is 3.72. The largest absolute Gasteiger partial charge is 0.406 e. The van der Waals surface area contributed by atoms with E-state index < -0.39 is 4.92 Å². The first-order valence-corrected chi connectivity index (χ1v) is 5.14. The number of aryl methyl sites for hydroxylation is 1. The van der Waals surface area contributed by atoms with Crippen molar-refractivity contribution in [2.75, 3.05) is 25.1 Å². The molecule has 0 spiro atoms. The number of rotatable bonds is 7. The van der Waals surface area contributed by atoms with E-state index in [1.807, 2.05) is 6.92 Å². The maximum absolute atomic E-state index is 10.7. The van der Waals surface area contributed by atoms with Gasteiger partial charge in [0, 0.05) is 13.6 Å². The van der Waals surface area contributed by atoms with Crippen LogP contribution in [0.15, 0.2) is 18.5 Å². The van der Waals surface area contributed by atoms with Gasteiger partial charge in [0.05, 0.1) is 13.2 Å². The minimum absolute atomic E-state index is 0.174. The van der Waals surface area contributed by atoms with Gasteiger partial charge < -0.3 is 20.2 Å². The lowest BCUT2D eigenvalue weighted by Crippen LogP contribution is -2.13. The number of nitrogens with zero attached hydrogens (tertiary/aromatic N) is 3. The molecule has 1 aromatic heterocycles. The van der Waals surface area contributed by atoms with Crippen molar-refractivity contribution in [2.45, 2.75) is 6.92 Å². The van der Waals surface area contributed by atoms with Crippen molar-refractivity contribution in [1.82, 2.24) is 9.55 Å². The molecule has 0 saturated heterocycles. The van der Waals surface area contributed by atoms with Crippen molar-refractivity contribution in [1.29, 1.82) is 0 Å². The van der Waals surface area contributed by atoms with Gasteiger partial charge in [-0.3, -0.25) is 4.57 Å². The Labute approximate surface area is 99.3 Å². The Morgan fingerprint density at radius 1 is 1.76 bits per heavy atom. The summed E-state index contributed by atoms with van der Waals surface area (Å²) in [5, 5.41) is 13.6. The Kier molecular flexibility index (Phi) is 4.65. The molecule has 0 aliphatic heterocycles. The van der Waals surface area contributed by atoms with Crippen LogP contribution in [0.25, 0.3) is 0 Å². The van der Waals surface area contributed by atoms with E-state index in [9.17, 15) is 10.1 Å². The fourth-order valence-electron chi connectivity index (χ4n) is 1.24. The molecule has 0 saturated carbocycles. The van der Waals surface area contributed by atoms with Crippen LogP contribution in [0, 0.1) is 10.1 Å². The summed E-state index contributed by atoms with van der Waals surface area (Å²) < 4.78 is 6.84. The van der Waals surface area contributed by atoms with Crippen LogP contribution in [-0.2, 0) is 11.8 Å². The van der Waals surface area contributed by atoms with Gasteiger partial charge in [-0.15, -0.1) is 0 Å². The molecule has 17 heavy (non-hydrogen) atoms. The van der Waals surface area contributed by atoms with Crippen molar-refractivity contribution >= 4 is 11.6 Å². The number of anilines is 1. The highest BCUT2D eigenvalue weighted by atomic mass is 16.6. The second kappa shape index (κ2) is 6.00. The molecular weight excluding hydrogens is 224 g/mol. The fourth-order valence-corrected chi connectivity index (χ4v) is 1.24. The average Bonchev–Trinajstić information content (AvgIpc) is 2.59. The standard InChI is InChI=1S/C10H16N4O3/c1-8(2)6-17-5-4-11-9-10(14(15)16)12-7-13(9)3/h7,11H,1,4-6H2,2-3H3. The van der Waals surface area contributed by atoms with Gasteiger partial charge >= 0.3 is 5.82 Å². The fraction of sp³-hybridized carbons (Fsp3) is 0.500. The zero-order valence-corrected chi connectivity index (χ0v) is 9.97. The van der Waals surface area contributed by atoms with Gasteiger partial charge in [-0.1, -0.05) is 12.2 Å². The van der Waals surface area contributed by atoms with Crippen LogP contribution in [0.1, 0.15) is 6.92 Å². The molecule has 0 amide bonds. The van der Waals surface area contributed by atoms with E-state index in [-0.39, 0.29) is 5.82 Å². The molecule has 0 fully saturated rings. The van der Waals surface area contributed by atoms with Gasteiger partial charge in [0.2, 0.25) is 12.1 Å². The summed E-state index contributed by atoms with van der Waals surface area (Å²) in [4.78, 5) is 13.8. The Morgan fingerprint density at radius 3 is 3.06 bits per heavy atom. The maximum Gasteiger partial charge on any atom is 0.406 e. The Bertz CT molecular complexity index is 414. The number of nitrogens with one attached hydrogen (secondary N) is 1. The van der Waals surface area contributed by atoms with Crippen molar-refractivity contribution < 1.29 is 9.66 Å². The third-order valence-electron chi connectivity index (χ3n) is 1.98. The highest BCUT2D eigenvalue weighted by molar-refractivity contribution is 5.51. The lowest BCUT2D eigenvalue weighted by Gasteiger charge is -2.07. The third kappa shape index (κ3) is 3.87. The molecule has 0 atom stereocenters. The second-order valence-corrected chi connectivity index (χ2v) is 3.72. The minimum atomic E-state index is -0.517. The quantitative estimate of drug-likeness (QED) is 0.336. The predicted molar refractivity (Wildman–Crippen MR) is 64.0 cm³/mol. The highest BCUT2D eigenvalue weighted by Crippen LogP contribution is 2.20. The van der Waals surface area contributed by atoms with E-state index in [1.165, 1.54) is 6.33 Å². The van der Waals surface area contributed by atoms with Gasteiger partial charge in [0.15, 0.2) is 0 Å². The molecule has 7 heteroatoms. The summed E-state index contributed by atoms with van der Waals surface area (Å²) in [6.45, 7) is 7.01. The molecule has 1 heterocycles. The van der Waals surface area contributed by atoms with Crippen LogP contribution in [0.3, 0.4) is 0 Å². The van der Waals surface area contributed by atoms with E-state index in [2.05, 4.69) is 16.9 Å². The van der Waals surface area contributed by atoms with Gasteiger partial charge in [-0.05, 0) is 16.8 Å². The molecule has 0 radical (unpaired) electrons. The molecule has 7 nitrogen and oxygen atoms in total. The van der Waals surface area contributed by atoms with Crippen LogP contribution < -0.4 is 5.32 Å². The van der Waals surface area contributed by atoms with Gasteiger partial charge in [0.1, 0.15) is 0 Å². The predicted octanol–water partition coefficient (Wildman–Crippen LogP) is 1.33. The molecule has 0 aromatic carbocycles. The van der Waals surface area contributed by atoms with Crippen molar-refractivity contribution in [2.24, 2.45) is 7.05 Å². The summed E-state index contributed by atoms with van der Waals surface area (Å²) >= 11 is 0. The maximum atomic E-state index is 10.7. The Hall–Kier alpha value is -1.89. The van der Waals surface area contributed by atoms with Gasteiger partial charge in [0.25, 0.3) is 0 Å². The van der Waals surface area contributed by atoms with Crippen LogP contribution in [0.4, 0.5) is 11.6 Å². The summed E-state index contributed by atoms with van der Waals surface area (Å²) in [5.41, 5.74) is 0.941. The smallest absolute Gasteiger partial charge is 0.375 e. The lowest BCUT2D eigenvalue weighted by molar-refractivity contribution is -0.388. The van der Waals surface area contributed by atoms with Crippen molar-refractivity contribution in [3.05, 3.63) is 28.6 Å². The summed E-state index contributed by atoms with van der Waals surface area (Å²) in [5.74, 6) is 0.210. The SMILES string of the molecule is C=C(C)COCCNc1c([N+](=O)[O-])ncn1C. The molecule has 0 unspecified atom stereocenters. The molecular formula is C10H16N4O3. The third-order valence-corrected chi connectivity index (χ3v) is 1.98. The number of hydrogen-bond acceptors (Lipinski definition) is 5. The van der Waals surface area contributed by atoms with Crippen LogP contribution in [0.5, 0.6) is 0 Å².